The van der Waals surface area contributed by atoms with Gasteiger partial charge in [0.25, 0.3) is 0 Å². The van der Waals surface area contributed by atoms with Crippen LogP contribution >= 0.6 is 11.6 Å². The van der Waals surface area contributed by atoms with Crippen molar-refractivity contribution in [1.82, 2.24) is 15.0 Å². The predicted octanol–water partition coefficient (Wildman–Crippen LogP) is 4.49. The molecule has 9 heteroatoms. The summed E-state index contributed by atoms with van der Waals surface area (Å²) in [4.78, 5) is 26.5. The molecule has 1 saturated heterocycles. The average Bonchev–Trinajstić information content (AvgIpc) is 2.74. The summed E-state index contributed by atoms with van der Waals surface area (Å²) < 4.78 is 5.57. The van der Waals surface area contributed by atoms with Crippen LogP contribution in [0, 0.1) is 5.92 Å². The number of carboxylic acids is 1. The zero-order valence-electron chi connectivity index (χ0n) is 18.2. The molecule has 0 aliphatic carbocycles. The SMILES string of the molecule is CC(C)CN(c1ncc([C@H](C)CC(=O)O)cc1Nc1cnc(Cl)nc1)C1CCOCC1. The molecule has 0 aromatic carbocycles. The molecule has 0 spiro atoms. The number of rotatable bonds is 9. The maximum absolute atomic E-state index is 11.2. The van der Waals surface area contributed by atoms with Crippen LogP contribution < -0.4 is 10.2 Å². The van der Waals surface area contributed by atoms with Gasteiger partial charge < -0.3 is 20.1 Å². The molecule has 0 saturated carbocycles. The van der Waals surface area contributed by atoms with E-state index in [-0.39, 0.29) is 17.6 Å². The molecule has 3 rings (SSSR count). The molecule has 0 radical (unpaired) electrons. The Morgan fingerprint density at radius 2 is 1.90 bits per heavy atom. The highest BCUT2D eigenvalue weighted by molar-refractivity contribution is 6.28. The smallest absolute Gasteiger partial charge is 0.303 e. The van der Waals surface area contributed by atoms with Crippen molar-refractivity contribution in [3.63, 3.8) is 0 Å². The molecule has 0 bridgehead atoms. The van der Waals surface area contributed by atoms with E-state index in [0.717, 1.165) is 49.7 Å². The lowest BCUT2D eigenvalue weighted by Gasteiger charge is -2.37. The van der Waals surface area contributed by atoms with Gasteiger partial charge in [-0.1, -0.05) is 20.8 Å². The Bertz CT molecular complexity index is 872. The molecular weight excluding hydrogens is 418 g/mol. The molecule has 1 fully saturated rings. The normalized spacial score (nSPS) is 15.6. The summed E-state index contributed by atoms with van der Waals surface area (Å²) in [7, 11) is 0. The van der Waals surface area contributed by atoms with Gasteiger partial charge in [0.2, 0.25) is 5.28 Å². The molecule has 1 aliphatic rings. The van der Waals surface area contributed by atoms with Crippen LogP contribution in [0.25, 0.3) is 0 Å². The molecule has 2 N–H and O–H groups in total. The summed E-state index contributed by atoms with van der Waals surface area (Å²) in [5.74, 6) is 0.285. The Kier molecular flexibility index (Phi) is 8.03. The van der Waals surface area contributed by atoms with Gasteiger partial charge in [-0.2, -0.15) is 0 Å². The zero-order valence-corrected chi connectivity index (χ0v) is 19.0. The van der Waals surface area contributed by atoms with Crippen molar-refractivity contribution < 1.29 is 14.6 Å². The number of ether oxygens (including phenoxy) is 1. The van der Waals surface area contributed by atoms with Gasteiger partial charge in [0.05, 0.1) is 30.2 Å². The van der Waals surface area contributed by atoms with Gasteiger partial charge >= 0.3 is 5.97 Å². The number of anilines is 3. The standard InChI is InChI=1S/C22H30ClN5O3/c1-14(2)13-28(18-4-6-31-7-5-18)21-19(27-17-11-25-22(23)26-12-17)9-16(10-24-21)15(3)8-20(29)30/h9-12,14-15,18,27H,4-8,13H2,1-3H3,(H,29,30)/t15-/m1/s1. The number of nitrogens with zero attached hydrogens (tertiary/aromatic N) is 4. The van der Waals surface area contributed by atoms with Crippen molar-refractivity contribution in [3.8, 4) is 0 Å². The van der Waals surface area contributed by atoms with Crippen LogP contribution in [-0.4, -0.2) is 51.8 Å². The third-order valence-electron chi connectivity index (χ3n) is 5.30. The number of nitrogens with one attached hydrogen (secondary N) is 1. The first-order valence-electron chi connectivity index (χ1n) is 10.6. The van der Waals surface area contributed by atoms with E-state index in [4.69, 9.17) is 21.3 Å². The van der Waals surface area contributed by atoms with Crippen LogP contribution in [0.4, 0.5) is 17.2 Å². The minimum Gasteiger partial charge on any atom is -0.481 e. The molecule has 3 heterocycles. The third-order valence-corrected chi connectivity index (χ3v) is 5.50. The van der Waals surface area contributed by atoms with Crippen molar-refractivity contribution in [2.75, 3.05) is 30.0 Å². The van der Waals surface area contributed by atoms with Gasteiger partial charge in [-0.3, -0.25) is 4.79 Å². The van der Waals surface area contributed by atoms with Crippen molar-refractivity contribution in [2.45, 2.75) is 52.0 Å². The first-order valence-corrected chi connectivity index (χ1v) is 11.0. The molecule has 1 aliphatic heterocycles. The van der Waals surface area contributed by atoms with E-state index in [2.05, 4.69) is 34.0 Å². The highest BCUT2D eigenvalue weighted by Crippen LogP contribution is 2.34. The van der Waals surface area contributed by atoms with E-state index in [0.29, 0.717) is 17.6 Å². The minimum atomic E-state index is -0.833. The van der Waals surface area contributed by atoms with Gasteiger partial charge in [0.1, 0.15) is 0 Å². The quantitative estimate of drug-likeness (QED) is 0.542. The number of hydrogen-bond donors (Lipinski definition) is 2. The lowest BCUT2D eigenvalue weighted by atomic mass is 9.98. The highest BCUT2D eigenvalue weighted by atomic mass is 35.5. The summed E-state index contributed by atoms with van der Waals surface area (Å²) in [5.41, 5.74) is 2.35. The molecule has 0 amide bonds. The van der Waals surface area contributed by atoms with Gasteiger partial charge in [-0.15, -0.1) is 0 Å². The molecule has 0 unspecified atom stereocenters. The van der Waals surface area contributed by atoms with Crippen LogP contribution in [-0.2, 0) is 9.53 Å². The zero-order chi connectivity index (χ0) is 22.4. The number of pyridine rings is 1. The molecule has 8 nitrogen and oxygen atoms in total. The molecule has 2 aromatic rings. The fourth-order valence-electron chi connectivity index (χ4n) is 3.77. The summed E-state index contributed by atoms with van der Waals surface area (Å²) >= 11 is 5.83. The number of carbonyl (C=O) groups is 1. The summed E-state index contributed by atoms with van der Waals surface area (Å²) in [5, 5.41) is 12.8. The van der Waals surface area contributed by atoms with Crippen molar-refractivity contribution in [1.29, 1.82) is 0 Å². The molecule has 31 heavy (non-hydrogen) atoms. The van der Waals surface area contributed by atoms with Gasteiger partial charge in [-0.25, -0.2) is 15.0 Å². The van der Waals surface area contributed by atoms with E-state index in [9.17, 15) is 9.90 Å². The number of carboxylic acid groups (broad SMARTS) is 1. The van der Waals surface area contributed by atoms with E-state index in [1.165, 1.54) is 0 Å². The lowest BCUT2D eigenvalue weighted by molar-refractivity contribution is -0.137. The largest absolute Gasteiger partial charge is 0.481 e. The van der Waals surface area contributed by atoms with Crippen LogP contribution in [0.15, 0.2) is 24.7 Å². The van der Waals surface area contributed by atoms with E-state index >= 15 is 0 Å². The average molecular weight is 448 g/mol. The number of aromatic nitrogens is 3. The Hall–Kier alpha value is -2.45. The van der Waals surface area contributed by atoms with Gasteiger partial charge in [-0.05, 0) is 47.9 Å². The molecule has 168 valence electrons. The Labute approximate surface area is 188 Å². The van der Waals surface area contributed by atoms with Gasteiger partial charge in [0, 0.05) is 32.0 Å². The first kappa shape index (κ1) is 23.2. The van der Waals surface area contributed by atoms with Crippen molar-refractivity contribution in [2.24, 2.45) is 5.92 Å². The Morgan fingerprint density at radius 1 is 1.23 bits per heavy atom. The Balaban J connectivity index is 2.00. The summed E-state index contributed by atoms with van der Waals surface area (Å²) in [6, 6.07) is 2.31. The topological polar surface area (TPSA) is 100 Å². The van der Waals surface area contributed by atoms with Crippen LogP contribution in [0.1, 0.15) is 51.5 Å². The van der Waals surface area contributed by atoms with E-state index < -0.39 is 5.97 Å². The second kappa shape index (κ2) is 10.7. The fourth-order valence-corrected chi connectivity index (χ4v) is 3.87. The highest BCUT2D eigenvalue weighted by Gasteiger charge is 2.26. The second-order valence-electron chi connectivity index (χ2n) is 8.39. The summed E-state index contributed by atoms with van der Waals surface area (Å²) in [6.45, 7) is 8.60. The molecular formula is C22H30ClN5O3. The maximum Gasteiger partial charge on any atom is 0.303 e. The predicted molar refractivity (Wildman–Crippen MR) is 121 cm³/mol. The summed E-state index contributed by atoms with van der Waals surface area (Å²) in [6.07, 6.45) is 6.95. The number of hydrogen-bond acceptors (Lipinski definition) is 7. The fraction of sp³-hybridized carbons (Fsp3) is 0.545. The van der Waals surface area contributed by atoms with Gasteiger partial charge in [0.15, 0.2) is 5.82 Å². The second-order valence-corrected chi connectivity index (χ2v) is 8.73. The van der Waals surface area contributed by atoms with Crippen LogP contribution in [0.5, 0.6) is 0 Å². The number of halogens is 1. The van der Waals surface area contributed by atoms with E-state index in [1.54, 1.807) is 18.6 Å². The van der Waals surface area contributed by atoms with Crippen LogP contribution in [0.3, 0.4) is 0 Å². The molecule has 2 aromatic heterocycles. The maximum atomic E-state index is 11.2. The monoisotopic (exact) mass is 447 g/mol. The third kappa shape index (κ3) is 6.51. The van der Waals surface area contributed by atoms with Crippen molar-refractivity contribution in [3.05, 3.63) is 35.5 Å². The molecule has 1 atom stereocenters. The van der Waals surface area contributed by atoms with Crippen LogP contribution in [0.2, 0.25) is 5.28 Å². The number of aliphatic carboxylic acids is 1. The van der Waals surface area contributed by atoms with Crippen molar-refractivity contribution >= 4 is 34.8 Å². The van der Waals surface area contributed by atoms with E-state index in [1.807, 2.05) is 13.0 Å². The Morgan fingerprint density at radius 3 is 2.52 bits per heavy atom. The first-order chi connectivity index (χ1) is 14.8. The minimum absolute atomic E-state index is 0.0419. The lowest BCUT2D eigenvalue weighted by Crippen LogP contribution is -2.42.